The second-order valence-corrected chi connectivity index (χ2v) is 7.47. The fourth-order valence-electron chi connectivity index (χ4n) is 2.29. The molecule has 8 heteroatoms. The molecule has 0 aliphatic carbocycles. The SMILES string of the molecule is CC.Cc1ncc(S(=O)Nc2ccc(C)c3c(C(F)F)c[nH]c23)s1. The molecule has 0 radical (unpaired) electrons. The van der Waals surface area contributed by atoms with E-state index >= 15 is 0 Å². The molecular weight excluding hydrogens is 352 g/mol. The van der Waals surface area contributed by atoms with Crippen molar-refractivity contribution in [2.45, 2.75) is 38.3 Å². The van der Waals surface area contributed by atoms with Gasteiger partial charge < -0.3 is 4.98 Å². The number of halogens is 2. The van der Waals surface area contributed by atoms with Crippen LogP contribution in [0.3, 0.4) is 0 Å². The molecule has 1 aromatic carbocycles. The van der Waals surface area contributed by atoms with E-state index < -0.39 is 17.4 Å². The number of aryl methyl sites for hydroxylation is 2. The van der Waals surface area contributed by atoms with Gasteiger partial charge in [0.15, 0.2) is 11.0 Å². The number of thiazole rings is 1. The number of aromatic nitrogens is 2. The standard InChI is InChI=1S/C14H13F2N3OS2.C2H6/c1-7-3-4-10(13-12(7)9(5-18-13)14(15)16)19-22(20)11-6-17-8(2)21-11;1-2/h3-6,14,18-19H,1-2H3;1-2H3. The summed E-state index contributed by atoms with van der Waals surface area (Å²) in [6.45, 7) is 7.60. The van der Waals surface area contributed by atoms with Gasteiger partial charge in [0, 0.05) is 17.1 Å². The molecule has 2 N–H and O–H groups in total. The average molecular weight is 371 g/mol. The van der Waals surface area contributed by atoms with Crippen LogP contribution in [0, 0.1) is 13.8 Å². The summed E-state index contributed by atoms with van der Waals surface area (Å²) < 4.78 is 41.9. The van der Waals surface area contributed by atoms with Gasteiger partial charge in [-0.25, -0.2) is 18.0 Å². The van der Waals surface area contributed by atoms with Crippen LogP contribution in [0.4, 0.5) is 14.5 Å². The van der Waals surface area contributed by atoms with Crippen molar-refractivity contribution in [3.63, 3.8) is 0 Å². The maximum Gasteiger partial charge on any atom is 0.265 e. The molecule has 0 saturated heterocycles. The molecular formula is C16H19F2N3OS2. The van der Waals surface area contributed by atoms with Gasteiger partial charge in [0.2, 0.25) is 0 Å². The predicted octanol–water partition coefficient (Wildman–Crippen LogP) is 5.34. The summed E-state index contributed by atoms with van der Waals surface area (Å²) in [7, 11) is -1.48. The Morgan fingerprint density at radius 2 is 2.00 bits per heavy atom. The first-order valence-electron chi connectivity index (χ1n) is 7.47. The van der Waals surface area contributed by atoms with E-state index in [0.717, 1.165) is 10.6 Å². The van der Waals surface area contributed by atoms with Crippen LogP contribution in [0.15, 0.2) is 28.7 Å². The molecule has 0 saturated carbocycles. The third-order valence-electron chi connectivity index (χ3n) is 3.29. The number of benzene rings is 1. The third-order valence-corrected chi connectivity index (χ3v) is 5.58. The Morgan fingerprint density at radius 3 is 2.58 bits per heavy atom. The van der Waals surface area contributed by atoms with E-state index in [0.29, 0.717) is 20.8 Å². The highest BCUT2D eigenvalue weighted by Gasteiger charge is 2.18. The van der Waals surface area contributed by atoms with Gasteiger partial charge in [0.1, 0.15) is 4.21 Å². The molecule has 0 bridgehead atoms. The number of nitrogens with one attached hydrogen (secondary N) is 2. The third kappa shape index (κ3) is 3.64. The van der Waals surface area contributed by atoms with Crippen LogP contribution in [0.25, 0.3) is 10.9 Å². The number of rotatable bonds is 4. The van der Waals surface area contributed by atoms with Crippen LogP contribution >= 0.6 is 11.3 Å². The molecule has 130 valence electrons. The Morgan fingerprint density at radius 1 is 1.29 bits per heavy atom. The zero-order valence-electron chi connectivity index (χ0n) is 13.8. The van der Waals surface area contributed by atoms with E-state index in [9.17, 15) is 13.0 Å². The minimum absolute atomic E-state index is 0.0458. The Labute approximate surface area is 145 Å². The zero-order chi connectivity index (χ0) is 17.9. The highest BCUT2D eigenvalue weighted by Crippen LogP contribution is 2.34. The number of alkyl halides is 2. The van der Waals surface area contributed by atoms with Crippen molar-refractivity contribution in [2.75, 3.05) is 4.72 Å². The number of fused-ring (bicyclic) bond motifs is 1. The summed E-state index contributed by atoms with van der Waals surface area (Å²) in [6, 6.07) is 3.47. The lowest BCUT2D eigenvalue weighted by Gasteiger charge is -2.08. The van der Waals surface area contributed by atoms with Crippen LogP contribution in [-0.4, -0.2) is 14.2 Å². The second-order valence-electron chi connectivity index (χ2n) is 4.79. The van der Waals surface area contributed by atoms with Gasteiger partial charge in [0.05, 0.1) is 22.4 Å². The largest absolute Gasteiger partial charge is 0.359 e. The number of aromatic amines is 1. The molecule has 3 aromatic rings. The smallest absolute Gasteiger partial charge is 0.265 e. The second kappa shape index (κ2) is 7.85. The summed E-state index contributed by atoms with van der Waals surface area (Å²) in [5, 5.41) is 1.29. The first-order chi connectivity index (χ1) is 11.5. The van der Waals surface area contributed by atoms with Crippen LogP contribution in [-0.2, 0) is 11.0 Å². The molecule has 0 fully saturated rings. The minimum Gasteiger partial charge on any atom is -0.359 e. The summed E-state index contributed by atoms with van der Waals surface area (Å²) in [4.78, 5) is 6.91. The van der Waals surface area contributed by atoms with Crippen LogP contribution in [0.1, 0.15) is 36.4 Å². The van der Waals surface area contributed by atoms with Crippen molar-refractivity contribution in [1.29, 1.82) is 0 Å². The van der Waals surface area contributed by atoms with Crippen molar-refractivity contribution >= 4 is 38.9 Å². The Kier molecular flexibility index (Phi) is 6.06. The molecule has 4 nitrogen and oxygen atoms in total. The summed E-state index contributed by atoms with van der Waals surface area (Å²) in [5.41, 5.74) is 1.76. The first kappa shape index (κ1) is 18.5. The van der Waals surface area contributed by atoms with E-state index in [2.05, 4.69) is 14.7 Å². The topological polar surface area (TPSA) is 57.8 Å². The van der Waals surface area contributed by atoms with E-state index in [1.807, 2.05) is 20.8 Å². The van der Waals surface area contributed by atoms with Gasteiger partial charge in [-0.1, -0.05) is 19.9 Å². The molecule has 24 heavy (non-hydrogen) atoms. The van der Waals surface area contributed by atoms with Crippen LogP contribution in [0.5, 0.6) is 0 Å². The highest BCUT2D eigenvalue weighted by atomic mass is 32.2. The number of H-pyrrole nitrogens is 1. The average Bonchev–Trinajstić information content (AvgIpc) is 3.19. The van der Waals surface area contributed by atoms with Crippen molar-refractivity contribution in [3.05, 3.63) is 40.7 Å². The molecule has 1 atom stereocenters. The van der Waals surface area contributed by atoms with Crippen LogP contribution < -0.4 is 4.72 Å². The maximum absolute atomic E-state index is 13.1. The van der Waals surface area contributed by atoms with Crippen molar-refractivity contribution in [1.82, 2.24) is 9.97 Å². The van der Waals surface area contributed by atoms with E-state index in [4.69, 9.17) is 0 Å². The summed E-state index contributed by atoms with van der Waals surface area (Å²) in [6.07, 6.45) is 0.290. The van der Waals surface area contributed by atoms with Crippen molar-refractivity contribution < 1.29 is 13.0 Å². The fourth-order valence-corrected chi connectivity index (χ4v) is 4.20. The fraction of sp³-hybridized carbons (Fsp3) is 0.312. The van der Waals surface area contributed by atoms with E-state index in [1.165, 1.54) is 17.5 Å². The first-order valence-corrected chi connectivity index (χ1v) is 9.43. The van der Waals surface area contributed by atoms with Gasteiger partial charge in [-0.2, -0.15) is 0 Å². The van der Waals surface area contributed by atoms with Crippen LogP contribution in [0.2, 0.25) is 0 Å². The minimum atomic E-state index is -2.56. The van der Waals surface area contributed by atoms with Crippen molar-refractivity contribution in [3.8, 4) is 0 Å². The number of hydrogen-bond donors (Lipinski definition) is 2. The molecule has 3 rings (SSSR count). The molecule has 0 spiro atoms. The van der Waals surface area contributed by atoms with Gasteiger partial charge >= 0.3 is 0 Å². The van der Waals surface area contributed by atoms with E-state index in [-0.39, 0.29) is 5.56 Å². The highest BCUT2D eigenvalue weighted by molar-refractivity contribution is 7.88. The normalized spacial score (nSPS) is 12.1. The molecule has 0 aliphatic heterocycles. The Hall–Kier alpha value is -1.80. The number of anilines is 1. The Balaban J connectivity index is 0.00000100. The maximum atomic E-state index is 13.1. The summed E-state index contributed by atoms with van der Waals surface area (Å²) >= 11 is 1.33. The molecule has 0 amide bonds. The summed E-state index contributed by atoms with van der Waals surface area (Å²) in [5.74, 6) is 0. The van der Waals surface area contributed by atoms with Gasteiger partial charge in [0.25, 0.3) is 6.43 Å². The van der Waals surface area contributed by atoms with Gasteiger partial charge in [-0.15, -0.1) is 11.3 Å². The Bertz CT molecular complexity index is 858. The molecule has 2 heterocycles. The quantitative estimate of drug-likeness (QED) is 0.650. The molecule has 1 unspecified atom stereocenters. The monoisotopic (exact) mass is 371 g/mol. The number of nitrogens with zero attached hydrogens (tertiary/aromatic N) is 1. The van der Waals surface area contributed by atoms with Crippen molar-refractivity contribution in [2.24, 2.45) is 0 Å². The van der Waals surface area contributed by atoms with E-state index in [1.54, 1.807) is 25.3 Å². The molecule has 2 aromatic heterocycles. The lowest BCUT2D eigenvalue weighted by atomic mass is 10.1. The lowest BCUT2D eigenvalue weighted by Crippen LogP contribution is -2.03. The number of hydrogen-bond acceptors (Lipinski definition) is 3. The van der Waals surface area contributed by atoms with Gasteiger partial charge in [-0.3, -0.25) is 4.72 Å². The molecule has 0 aliphatic rings. The lowest BCUT2D eigenvalue weighted by molar-refractivity contribution is 0.153. The van der Waals surface area contributed by atoms with Gasteiger partial charge in [-0.05, 0) is 25.5 Å². The predicted molar refractivity (Wildman–Crippen MR) is 96.2 cm³/mol. The zero-order valence-corrected chi connectivity index (χ0v) is 15.4.